The van der Waals surface area contributed by atoms with Gasteiger partial charge >= 0.3 is 0 Å². The predicted octanol–water partition coefficient (Wildman–Crippen LogP) is 6.20. The fraction of sp³-hybridized carbons (Fsp3) is 0.464. The Morgan fingerprint density at radius 2 is 1.50 bits per heavy atom. The van der Waals surface area contributed by atoms with E-state index in [0.717, 1.165) is 66.6 Å². The van der Waals surface area contributed by atoms with Gasteiger partial charge in [0.1, 0.15) is 5.82 Å². The number of benzene rings is 2. The lowest BCUT2D eigenvalue weighted by Crippen LogP contribution is -2.35. The number of anilines is 1. The summed E-state index contributed by atoms with van der Waals surface area (Å²) in [4.78, 5) is 33.3. The number of carbonyl (C=O) groups is 2. The van der Waals surface area contributed by atoms with Crippen LogP contribution in [0.15, 0.2) is 42.5 Å². The molecule has 6 heteroatoms. The van der Waals surface area contributed by atoms with Crippen LogP contribution in [0.5, 0.6) is 0 Å². The van der Waals surface area contributed by atoms with Gasteiger partial charge in [0, 0.05) is 28.8 Å². The van der Waals surface area contributed by atoms with Crippen molar-refractivity contribution in [2.75, 3.05) is 5.32 Å². The first-order valence-electron chi connectivity index (χ1n) is 12.9. The first-order chi connectivity index (χ1) is 16.7. The second-order valence-corrected chi connectivity index (χ2v) is 9.88. The molecule has 0 aliphatic heterocycles. The van der Waals surface area contributed by atoms with Gasteiger partial charge in [0.2, 0.25) is 5.91 Å². The van der Waals surface area contributed by atoms with Crippen molar-refractivity contribution < 1.29 is 9.59 Å². The molecule has 0 atom stereocenters. The summed E-state index contributed by atoms with van der Waals surface area (Å²) < 4.78 is 0. The van der Waals surface area contributed by atoms with Gasteiger partial charge in [-0.25, -0.2) is 4.98 Å². The largest absolute Gasteiger partial charge is 0.349 e. The Kier molecular flexibility index (Phi) is 6.93. The van der Waals surface area contributed by atoms with Gasteiger partial charge in [-0.3, -0.25) is 9.59 Å². The van der Waals surface area contributed by atoms with Gasteiger partial charge in [-0.15, -0.1) is 0 Å². The van der Waals surface area contributed by atoms with E-state index in [2.05, 4.69) is 15.6 Å². The lowest BCUT2D eigenvalue weighted by Gasteiger charge is -2.21. The molecule has 2 aromatic carbocycles. The van der Waals surface area contributed by atoms with Crippen LogP contribution in [0.2, 0.25) is 0 Å². The van der Waals surface area contributed by atoms with E-state index in [1.54, 1.807) is 0 Å². The third kappa shape index (κ3) is 5.32. The van der Waals surface area contributed by atoms with Crippen LogP contribution >= 0.6 is 0 Å². The number of rotatable bonds is 5. The topological polar surface area (TPSA) is 86.9 Å². The number of nitrogens with zero attached hydrogens (tertiary/aromatic N) is 1. The van der Waals surface area contributed by atoms with Crippen LogP contribution in [0.3, 0.4) is 0 Å². The normalized spacial score (nSPS) is 17.9. The minimum atomic E-state index is 0.00405. The molecule has 2 aliphatic carbocycles. The molecule has 0 saturated heterocycles. The lowest BCUT2D eigenvalue weighted by molar-refractivity contribution is -0.119. The lowest BCUT2D eigenvalue weighted by atomic mass is 9.96. The molecule has 0 bridgehead atoms. The summed E-state index contributed by atoms with van der Waals surface area (Å²) >= 11 is 0. The fourth-order valence-electron chi connectivity index (χ4n) is 5.31. The van der Waals surface area contributed by atoms with Crippen LogP contribution < -0.4 is 10.6 Å². The molecule has 0 spiro atoms. The molecule has 3 aromatic rings. The number of imidazole rings is 1. The number of aromatic amines is 1. The Hall–Kier alpha value is -3.15. The van der Waals surface area contributed by atoms with Crippen molar-refractivity contribution in [1.29, 1.82) is 0 Å². The number of hydrogen-bond acceptors (Lipinski definition) is 3. The fourth-order valence-corrected chi connectivity index (χ4v) is 5.31. The van der Waals surface area contributed by atoms with Crippen LogP contribution in [0.4, 0.5) is 5.69 Å². The quantitative estimate of drug-likeness (QED) is 0.425. The number of aromatic nitrogens is 2. The molecule has 1 aromatic heterocycles. The summed E-state index contributed by atoms with van der Waals surface area (Å²) in [5.74, 6) is 1.01. The summed E-state index contributed by atoms with van der Waals surface area (Å²) in [5, 5.41) is 6.28. The summed E-state index contributed by atoms with van der Waals surface area (Å²) in [6, 6.07) is 13.7. The predicted molar refractivity (Wildman–Crippen MR) is 136 cm³/mol. The van der Waals surface area contributed by atoms with Gasteiger partial charge in [-0.05, 0) is 56.0 Å². The summed E-state index contributed by atoms with van der Waals surface area (Å²) in [7, 11) is 0. The first kappa shape index (κ1) is 22.6. The maximum Gasteiger partial charge on any atom is 0.251 e. The van der Waals surface area contributed by atoms with Gasteiger partial charge in [-0.2, -0.15) is 0 Å². The second kappa shape index (κ2) is 10.4. The zero-order valence-corrected chi connectivity index (χ0v) is 19.7. The van der Waals surface area contributed by atoms with Crippen molar-refractivity contribution in [2.24, 2.45) is 5.92 Å². The molecular formula is C28H34N4O2. The molecule has 3 N–H and O–H groups in total. The Bertz CT molecular complexity index is 1140. The van der Waals surface area contributed by atoms with Gasteiger partial charge in [0.15, 0.2) is 0 Å². The highest BCUT2D eigenvalue weighted by atomic mass is 16.2. The van der Waals surface area contributed by atoms with Crippen LogP contribution in [0.25, 0.3) is 22.4 Å². The second-order valence-electron chi connectivity index (χ2n) is 9.88. The number of H-pyrrole nitrogens is 1. The molecule has 5 rings (SSSR count). The van der Waals surface area contributed by atoms with Crippen molar-refractivity contribution in [3.63, 3.8) is 0 Å². The molecule has 0 unspecified atom stereocenters. The van der Waals surface area contributed by atoms with Crippen molar-refractivity contribution in [3.05, 3.63) is 48.0 Å². The molecule has 2 amide bonds. The number of amides is 2. The maximum absolute atomic E-state index is 12.8. The van der Waals surface area contributed by atoms with Gasteiger partial charge in [0.25, 0.3) is 5.91 Å². The minimum absolute atomic E-state index is 0.00405. The standard InChI is InChI=1S/C28H34N4O2/c33-27(20-8-6-7-9-20)30-23-16-17-24-25(18-23)32-26(31-24)19-12-14-21(15-13-19)28(34)29-22-10-4-2-1-3-5-11-22/h12-18,20,22H,1-11H2,(H,29,34)(H,30,33)(H,31,32). The van der Waals surface area contributed by atoms with Crippen LogP contribution in [-0.2, 0) is 4.79 Å². The zero-order valence-electron chi connectivity index (χ0n) is 19.7. The zero-order chi connectivity index (χ0) is 23.3. The molecule has 178 valence electrons. The average Bonchev–Trinajstić information content (AvgIpc) is 3.51. The van der Waals surface area contributed by atoms with Gasteiger partial charge < -0.3 is 15.6 Å². The monoisotopic (exact) mass is 458 g/mol. The van der Waals surface area contributed by atoms with Gasteiger partial charge in [0.05, 0.1) is 11.0 Å². The van der Waals surface area contributed by atoms with E-state index in [-0.39, 0.29) is 23.8 Å². The first-order valence-corrected chi connectivity index (χ1v) is 12.9. The van der Waals surface area contributed by atoms with Crippen LogP contribution in [0, 0.1) is 5.92 Å². The molecule has 0 radical (unpaired) electrons. The van der Waals surface area contributed by atoms with Crippen LogP contribution in [-0.4, -0.2) is 27.8 Å². The average molecular weight is 459 g/mol. The van der Waals surface area contributed by atoms with Crippen molar-refractivity contribution in [1.82, 2.24) is 15.3 Å². The Balaban J connectivity index is 1.25. The number of fused-ring (bicyclic) bond motifs is 1. The van der Waals surface area contributed by atoms with Gasteiger partial charge in [-0.1, -0.05) is 57.1 Å². The van der Waals surface area contributed by atoms with E-state index < -0.39 is 0 Å². The molecule has 6 nitrogen and oxygen atoms in total. The van der Waals surface area contributed by atoms with Crippen LogP contribution in [0.1, 0.15) is 81.0 Å². The van der Waals surface area contributed by atoms with Crippen molar-refractivity contribution in [3.8, 4) is 11.4 Å². The summed E-state index contributed by atoms with van der Waals surface area (Å²) in [5.41, 5.74) is 4.13. The SMILES string of the molecule is O=C(NC1CCCCCCC1)c1ccc(-c2nc3ccc(NC(=O)C4CCCC4)cc3[nH]2)cc1. The molecule has 1 heterocycles. The highest BCUT2D eigenvalue weighted by Gasteiger charge is 2.22. The number of hydrogen-bond donors (Lipinski definition) is 3. The van der Waals surface area contributed by atoms with E-state index in [0.29, 0.717) is 5.56 Å². The highest BCUT2D eigenvalue weighted by Crippen LogP contribution is 2.27. The molecule has 2 fully saturated rings. The van der Waals surface area contributed by atoms with E-state index >= 15 is 0 Å². The van der Waals surface area contributed by atoms with E-state index in [4.69, 9.17) is 4.98 Å². The summed E-state index contributed by atoms with van der Waals surface area (Å²) in [6.45, 7) is 0. The Morgan fingerprint density at radius 1 is 0.824 bits per heavy atom. The molecule has 2 saturated carbocycles. The highest BCUT2D eigenvalue weighted by molar-refractivity contribution is 5.96. The third-order valence-electron chi connectivity index (χ3n) is 7.34. The number of nitrogens with one attached hydrogen (secondary N) is 3. The van der Waals surface area contributed by atoms with E-state index in [1.807, 2.05) is 42.5 Å². The van der Waals surface area contributed by atoms with E-state index in [1.165, 1.54) is 32.1 Å². The molecule has 34 heavy (non-hydrogen) atoms. The summed E-state index contributed by atoms with van der Waals surface area (Å²) in [6.07, 6.45) is 12.7. The minimum Gasteiger partial charge on any atom is -0.349 e. The smallest absolute Gasteiger partial charge is 0.251 e. The third-order valence-corrected chi connectivity index (χ3v) is 7.34. The Morgan fingerprint density at radius 3 is 2.24 bits per heavy atom. The van der Waals surface area contributed by atoms with Crippen molar-refractivity contribution in [2.45, 2.75) is 76.7 Å². The van der Waals surface area contributed by atoms with Crippen molar-refractivity contribution >= 4 is 28.5 Å². The molecule has 2 aliphatic rings. The Labute approximate surface area is 200 Å². The molecular weight excluding hydrogens is 424 g/mol. The number of carbonyl (C=O) groups excluding carboxylic acids is 2. The maximum atomic E-state index is 12.8. The van der Waals surface area contributed by atoms with E-state index in [9.17, 15) is 9.59 Å².